The number of carbonyl (C=O) groups is 1. The third-order valence-electron chi connectivity index (χ3n) is 5.23. The molecule has 2 aromatic heterocycles. The van der Waals surface area contributed by atoms with E-state index in [0.717, 1.165) is 22.9 Å². The molecule has 0 saturated carbocycles. The molecule has 0 aliphatic carbocycles. The second-order valence-corrected chi connectivity index (χ2v) is 7.98. The third-order valence-corrected chi connectivity index (χ3v) is 5.76. The van der Waals surface area contributed by atoms with Crippen LogP contribution in [0, 0.1) is 5.92 Å². The van der Waals surface area contributed by atoms with Gasteiger partial charge < -0.3 is 4.90 Å². The predicted molar refractivity (Wildman–Crippen MR) is 114 cm³/mol. The summed E-state index contributed by atoms with van der Waals surface area (Å²) in [5.74, 6) is 0.754. The number of hydrogen-bond acceptors (Lipinski definition) is 6. The van der Waals surface area contributed by atoms with Crippen LogP contribution in [0.3, 0.4) is 0 Å². The highest BCUT2D eigenvalue weighted by Gasteiger charge is 2.27. The molecule has 29 heavy (non-hydrogen) atoms. The molecule has 1 saturated heterocycles. The fourth-order valence-corrected chi connectivity index (χ4v) is 3.84. The van der Waals surface area contributed by atoms with Gasteiger partial charge in [0.1, 0.15) is 6.33 Å². The summed E-state index contributed by atoms with van der Waals surface area (Å²) < 4.78 is 2.50. The molecule has 1 fully saturated rings. The van der Waals surface area contributed by atoms with E-state index >= 15 is 0 Å². The molecular formula is C21H20BrN5O2. The first-order valence-electron chi connectivity index (χ1n) is 9.42. The Kier molecular flexibility index (Phi) is 5.53. The molecule has 1 aromatic carbocycles. The van der Waals surface area contributed by atoms with Gasteiger partial charge in [0.05, 0.1) is 11.4 Å². The van der Waals surface area contributed by atoms with Gasteiger partial charge in [-0.3, -0.25) is 14.2 Å². The van der Waals surface area contributed by atoms with Crippen molar-refractivity contribution >= 4 is 27.7 Å². The van der Waals surface area contributed by atoms with Crippen molar-refractivity contribution in [1.82, 2.24) is 19.5 Å². The van der Waals surface area contributed by atoms with Gasteiger partial charge in [0.2, 0.25) is 5.95 Å². The number of carbonyl (C=O) groups excluding carboxylic acids is 1. The Labute approximate surface area is 176 Å². The number of Topliss-reactive ketones (excluding diaryl/α,β-unsaturated/α-hetero) is 1. The zero-order valence-corrected chi connectivity index (χ0v) is 17.5. The van der Waals surface area contributed by atoms with Crippen LogP contribution in [0.4, 0.5) is 5.95 Å². The third kappa shape index (κ3) is 4.12. The Hall–Kier alpha value is -2.87. The molecule has 1 aliphatic heterocycles. The van der Waals surface area contributed by atoms with Crippen molar-refractivity contribution < 1.29 is 4.79 Å². The van der Waals surface area contributed by atoms with Gasteiger partial charge in [-0.25, -0.2) is 15.0 Å². The summed E-state index contributed by atoms with van der Waals surface area (Å²) in [6, 6.07) is 10.7. The van der Waals surface area contributed by atoms with E-state index in [1.165, 1.54) is 12.4 Å². The first kappa shape index (κ1) is 19.4. The van der Waals surface area contributed by atoms with Crippen LogP contribution >= 0.6 is 15.9 Å². The van der Waals surface area contributed by atoms with Crippen LogP contribution in [0.15, 0.2) is 58.2 Å². The van der Waals surface area contributed by atoms with Crippen LogP contribution in [-0.2, 0) is 7.05 Å². The minimum Gasteiger partial charge on any atom is -0.342 e. The van der Waals surface area contributed by atoms with Crippen LogP contribution in [-0.4, -0.2) is 38.4 Å². The topological polar surface area (TPSA) is 81.0 Å². The van der Waals surface area contributed by atoms with Crippen LogP contribution in [0.25, 0.3) is 11.4 Å². The van der Waals surface area contributed by atoms with E-state index < -0.39 is 0 Å². The zero-order valence-electron chi connectivity index (χ0n) is 16.0. The van der Waals surface area contributed by atoms with Crippen LogP contribution < -0.4 is 10.5 Å². The molecule has 0 radical (unpaired) electrons. The number of hydrogen-bond donors (Lipinski definition) is 0. The van der Waals surface area contributed by atoms with Gasteiger partial charge in [-0.2, -0.15) is 0 Å². The molecule has 0 spiro atoms. The molecule has 3 aromatic rings. The maximum Gasteiger partial charge on any atom is 0.255 e. The lowest BCUT2D eigenvalue weighted by atomic mass is 9.89. The molecule has 0 unspecified atom stereocenters. The SMILES string of the molecule is Cn1c(N2CCC(C(=O)c3ccc(Br)cc3)CC2)nc(-c2ccncn2)cc1=O. The number of piperidine rings is 1. The normalized spacial score (nSPS) is 14.8. The number of benzene rings is 1. The summed E-state index contributed by atoms with van der Waals surface area (Å²) in [4.78, 5) is 40.1. The fourth-order valence-electron chi connectivity index (χ4n) is 3.58. The smallest absolute Gasteiger partial charge is 0.255 e. The Morgan fingerprint density at radius 2 is 1.83 bits per heavy atom. The van der Waals surface area contributed by atoms with Gasteiger partial charge in [-0.05, 0) is 31.0 Å². The molecule has 1 aliphatic rings. The zero-order chi connectivity index (χ0) is 20.4. The van der Waals surface area contributed by atoms with E-state index in [4.69, 9.17) is 0 Å². The van der Waals surface area contributed by atoms with E-state index in [-0.39, 0.29) is 17.3 Å². The molecule has 4 rings (SSSR count). The van der Waals surface area contributed by atoms with Crippen LogP contribution in [0.5, 0.6) is 0 Å². The molecule has 0 bridgehead atoms. The summed E-state index contributed by atoms with van der Waals surface area (Å²) in [6.07, 6.45) is 4.51. The first-order chi connectivity index (χ1) is 14.0. The lowest BCUT2D eigenvalue weighted by Crippen LogP contribution is -2.39. The lowest BCUT2D eigenvalue weighted by molar-refractivity contribution is 0.0900. The molecular weight excluding hydrogens is 434 g/mol. The highest BCUT2D eigenvalue weighted by molar-refractivity contribution is 9.10. The molecule has 8 heteroatoms. The summed E-state index contributed by atoms with van der Waals surface area (Å²) >= 11 is 3.40. The van der Waals surface area contributed by atoms with Gasteiger partial charge in [-0.1, -0.05) is 28.1 Å². The van der Waals surface area contributed by atoms with Crippen molar-refractivity contribution in [3.63, 3.8) is 0 Å². The summed E-state index contributed by atoms with van der Waals surface area (Å²) in [7, 11) is 1.72. The highest BCUT2D eigenvalue weighted by atomic mass is 79.9. The number of rotatable bonds is 4. The Bertz CT molecular complexity index is 1070. The number of anilines is 1. The predicted octanol–water partition coefficient (Wildman–Crippen LogP) is 3.10. The quantitative estimate of drug-likeness (QED) is 0.564. The second-order valence-electron chi connectivity index (χ2n) is 7.07. The molecule has 0 N–H and O–H groups in total. The fraction of sp³-hybridized carbons (Fsp3) is 0.286. The molecule has 148 valence electrons. The number of nitrogens with zero attached hydrogens (tertiary/aromatic N) is 5. The standard InChI is InChI=1S/C21H20BrN5O2/c1-26-19(28)12-18(17-6-9-23-13-24-17)25-21(26)27-10-7-15(8-11-27)20(29)14-2-4-16(22)5-3-14/h2-6,9,12-13,15H,7-8,10-11H2,1H3. The van der Waals surface area contributed by atoms with Gasteiger partial charge in [0.15, 0.2) is 5.78 Å². The average Bonchev–Trinajstić information content (AvgIpc) is 2.76. The maximum absolute atomic E-state index is 12.8. The van der Waals surface area contributed by atoms with E-state index in [2.05, 4.69) is 35.8 Å². The Morgan fingerprint density at radius 1 is 1.10 bits per heavy atom. The summed E-state index contributed by atoms with van der Waals surface area (Å²) in [6.45, 7) is 1.33. The van der Waals surface area contributed by atoms with Crippen molar-refractivity contribution in [3.8, 4) is 11.4 Å². The van der Waals surface area contributed by atoms with E-state index in [1.54, 1.807) is 23.9 Å². The van der Waals surface area contributed by atoms with E-state index in [9.17, 15) is 9.59 Å². The number of halogens is 1. The summed E-state index contributed by atoms with van der Waals surface area (Å²) in [5, 5.41) is 0. The molecule has 0 amide bonds. The van der Waals surface area contributed by atoms with Crippen molar-refractivity contribution in [2.24, 2.45) is 13.0 Å². The maximum atomic E-state index is 12.8. The average molecular weight is 454 g/mol. The minimum atomic E-state index is -0.142. The van der Waals surface area contributed by atoms with Crippen molar-refractivity contribution in [1.29, 1.82) is 0 Å². The van der Waals surface area contributed by atoms with Crippen molar-refractivity contribution in [2.45, 2.75) is 12.8 Å². The molecule has 7 nitrogen and oxygen atoms in total. The number of aromatic nitrogens is 4. The second kappa shape index (κ2) is 8.24. The van der Waals surface area contributed by atoms with Gasteiger partial charge >= 0.3 is 0 Å². The summed E-state index contributed by atoms with van der Waals surface area (Å²) in [5.41, 5.74) is 1.73. The minimum absolute atomic E-state index is 0.0190. The van der Waals surface area contributed by atoms with Gasteiger partial charge in [0.25, 0.3) is 5.56 Å². The van der Waals surface area contributed by atoms with Crippen molar-refractivity contribution in [2.75, 3.05) is 18.0 Å². The Morgan fingerprint density at radius 3 is 2.48 bits per heavy atom. The largest absolute Gasteiger partial charge is 0.342 e. The van der Waals surface area contributed by atoms with Crippen LogP contribution in [0.2, 0.25) is 0 Å². The molecule has 3 heterocycles. The van der Waals surface area contributed by atoms with E-state index in [0.29, 0.717) is 30.4 Å². The van der Waals surface area contributed by atoms with Gasteiger partial charge in [-0.15, -0.1) is 0 Å². The molecule has 0 atom stereocenters. The van der Waals surface area contributed by atoms with Crippen molar-refractivity contribution in [3.05, 3.63) is 69.3 Å². The Balaban J connectivity index is 1.52. The van der Waals surface area contributed by atoms with Crippen LogP contribution in [0.1, 0.15) is 23.2 Å². The highest BCUT2D eigenvalue weighted by Crippen LogP contribution is 2.26. The number of ketones is 1. The van der Waals surface area contributed by atoms with E-state index in [1.807, 2.05) is 24.3 Å². The monoisotopic (exact) mass is 453 g/mol. The lowest BCUT2D eigenvalue weighted by Gasteiger charge is -2.33. The first-order valence-corrected chi connectivity index (χ1v) is 10.2. The van der Waals surface area contributed by atoms with Gasteiger partial charge in [0, 0.05) is 48.4 Å².